The van der Waals surface area contributed by atoms with E-state index in [1.54, 1.807) is 4.90 Å². The first kappa shape index (κ1) is 48.2. The second-order valence-corrected chi connectivity index (χ2v) is 19.8. The highest BCUT2D eigenvalue weighted by Crippen LogP contribution is 2.45. The summed E-state index contributed by atoms with van der Waals surface area (Å²) in [5.41, 5.74) is 7.66. The van der Waals surface area contributed by atoms with Crippen molar-refractivity contribution in [2.24, 2.45) is 0 Å². The van der Waals surface area contributed by atoms with Gasteiger partial charge >= 0.3 is 6.09 Å². The van der Waals surface area contributed by atoms with E-state index in [1.165, 1.54) is 0 Å². The highest BCUT2D eigenvalue weighted by molar-refractivity contribution is 5.94. The van der Waals surface area contributed by atoms with Crippen LogP contribution in [0.1, 0.15) is 77.3 Å². The third-order valence-corrected chi connectivity index (χ3v) is 13.7. The Labute approximate surface area is 437 Å². The van der Waals surface area contributed by atoms with E-state index in [1.807, 2.05) is 97.1 Å². The molecular formula is C64H58N8O3. The predicted molar refractivity (Wildman–Crippen MR) is 296 cm³/mol. The maximum Gasteiger partial charge on any atom is 0.410 e. The van der Waals surface area contributed by atoms with Crippen LogP contribution in [0.25, 0.3) is 16.7 Å². The Bertz CT molecular complexity index is 3370. The molecule has 75 heavy (non-hydrogen) atoms. The van der Waals surface area contributed by atoms with Crippen LogP contribution in [0.4, 0.5) is 10.6 Å². The van der Waals surface area contributed by atoms with E-state index in [0.717, 1.165) is 61.4 Å². The fraction of sp³-hybridized carbons (Fsp3) is 0.172. The number of amides is 1. The smallest absolute Gasteiger partial charge is 0.410 e. The van der Waals surface area contributed by atoms with Crippen LogP contribution >= 0.6 is 0 Å². The standard InChI is InChI=1S/C64H58N8O3/c1-62(2,3)75-61(73)70-39-23-41-74-55-37-22-24-47(42-55)45-71-46-48(44-65-71)56(38-40-70)57-43-58(67-63(49-25-10-4-11-26-49,50-27-12-5-13-28-50)51-29-14-6-15-30-51)66-60-59(57)68-69-72(60)64(52-31-16-7-17-32-52,53-33-18-8-19-34-53)54-35-20-9-21-36-54/h4-22,24-38,42-44,46H,23,39-41,45H2,1-3H3,(H,66,67)/b56-38+. The van der Waals surface area contributed by atoms with Gasteiger partial charge in [-0.1, -0.05) is 205 Å². The number of carbonyl (C=O) groups is 1. The van der Waals surface area contributed by atoms with Crippen LogP contribution in [0.2, 0.25) is 0 Å². The van der Waals surface area contributed by atoms with Crippen LogP contribution in [0.3, 0.4) is 0 Å². The van der Waals surface area contributed by atoms with Gasteiger partial charge in [-0.2, -0.15) is 5.10 Å². The normalized spacial score (nSPS) is 14.2. The number of rotatable bonds is 10. The Morgan fingerprint density at radius 2 is 1.17 bits per heavy atom. The molecule has 1 aliphatic heterocycles. The summed E-state index contributed by atoms with van der Waals surface area (Å²) >= 11 is 0. The van der Waals surface area contributed by atoms with E-state index in [0.29, 0.717) is 43.1 Å². The van der Waals surface area contributed by atoms with Gasteiger partial charge in [0, 0.05) is 30.4 Å². The number of fused-ring (bicyclic) bond motifs is 5. The number of anilines is 1. The molecule has 0 atom stereocenters. The molecule has 7 aromatic carbocycles. The molecule has 4 bridgehead atoms. The molecule has 0 spiro atoms. The summed E-state index contributed by atoms with van der Waals surface area (Å²) in [5, 5.41) is 19.5. The number of nitrogens with zero attached hydrogens (tertiary/aromatic N) is 7. The van der Waals surface area contributed by atoms with Gasteiger partial charge in [0.1, 0.15) is 33.8 Å². The Hall–Kier alpha value is -9.09. The quantitative estimate of drug-likeness (QED) is 0.135. The van der Waals surface area contributed by atoms with E-state index in [4.69, 9.17) is 29.9 Å². The number of benzene rings is 7. The highest BCUT2D eigenvalue weighted by atomic mass is 16.6. The van der Waals surface area contributed by atoms with Gasteiger partial charge in [-0.25, -0.2) is 14.5 Å². The highest BCUT2D eigenvalue weighted by Gasteiger charge is 2.43. The lowest BCUT2D eigenvalue weighted by Gasteiger charge is -2.38. The monoisotopic (exact) mass is 986 g/mol. The zero-order chi connectivity index (χ0) is 51.2. The molecule has 10 aromatic rings. The van der Waals surface area contributed by atoms with Gasteiger partial charge < -0.3 is 19.7 Å². The van der Waals surface area contributed by atoms with Crippen molar-refractivity contribution in [2.75, 3.05) is 25.0 Å². The summed E-state index contributed by atoms with van der Waals surface area (Å²) in [5.74, 6) is 1.32. The zero-order valence-electron chi connectivity index (χ0n) is 42.3. The second-order valence-electron chi connectivity index (χ2n) is 19.8. The fourth-order valence-corrected chi connectivity index (χ4v) is 10.4. The zero-order valence-corrected chi connectivity index (χ0v) is 42.3. The van der Waals surface area contributed by atoms with Gasteiger partial charge in [0.2, 0.25) is 0 Å². The van der Waals surface area contributed by atoms with E-state index in [-0.39, 0.29) is 6.54 Å². The van der Waals surface area contributed by atoms with Gasteiger partial charge in [-0.15, -0.1) is 5.10 Å². The van der Waals surface area contributed by atoms with Gasteiger partial charge in [-0.05, 0) is 89.9 Å². The molecule has 0 radical (unpaired) electrons. The molecule has 0 unspecified atom stereocenters. The van der Waals surface area contributed by atoms with Crippen molar-refractivity contribution < 1.29 is 14.3 Å². The van der Waals surface area contributed by atoms with Gasteiger partial charge in [0.15, 0.2) is 5.65 Å². The second kappa shape index (κ2) is 20.8. The van der Waals surface area contributed by atoms with Crippen LogP contribution in [0.15, 0.2) is 231 Å². The van der Waals surface area contributed by atoms with Crippen LogP contribution in [-0.4, -0.2) is 66.0 Å². The lowest BCUT2D eigenvalue weighted by Crippen LogP contribution is -2.39. The van der Waals surface area contributed by atoms with Gasteiger partial charge in [-0.3, -0.25) is 4.68 Å². The first-order chi connectivity index (χ1) is 36.7. The summed E-state index contributed by atoms with van der Waals surface area (Å²) in [6.07, 6.45) is 6.16. The molecule has 11 rings (SSSR count). The molecule has 4 heterocycles. The number of ether oxygens (including phenoxy) is 2. The molecule has 0 fully saturated rings. The van der Waals surface area contributed by atoms with Crippen LogP contribution in [-0.2, 0) is 22.4 Å². The molecular weight excluding hydrogens is 929 g/mol. The predicted octanol–water partition coefficient (Wildman–Crippen LogP) is 12.8. The minimum Gasteiger partial charge on any atom is -0.494 e. The number of hydrogen-bond donors (Lipinski definition) is 1. The third-order valence-electron chi connectivity index (χ3n) is 13.7. The van der Waals surface area contributed by atoms with E-state index in [2.05, 4.69) is 169 Å². The number of aromatic nitrogens is 6. The maximum absolute atomic E-state index is 14.2. The topological polar surface area (TPSA) is 112 Å². The molecule has 1 N–H and O–H groups in total. The number of hydrogen-bond acceptors (Lipinski definition) is 8. The molecule has 1 aliphatic rings. The molecule has 0 saturated heterocycles. The summed E-state index contributed by atoms with van der Waals surface area (Å²) in [6, 6.07) is 73.0. The Balaban J connectivity index is 1.22. The van der Waals surface area contributed by atoms with Crippen molar-refractivity contribution in [3.63, 3.8) is 0 Å². The van der Waals surface area contributed by atoms with Crippen molar-refractivity contribution in [1.82, 2.24) is 34.7 Å². The van der Waals surface area contributed by atoms with E-state index in [9.17, 15) is 4.79 Å². The number of pyridine rings is 1. The summed E-state index contributed by atoms with van der Waals surface area (Å²) in [6.45, 7) is 7.15. The Morgan fingerprint density at radius 1 is 0.640 bits per heavy atom. The van der Waals surface area contributed by atoms with Gasteiger partial charge in [0.25, 0.3) is 0 Å². The molecule has 372 valence electrons. The summed E-state index contributed by atoms with van der Waals surface area (Å²) in [7, 11) is 0. The lowest BCUT2D eigenvalue weighted by atomic mass is 9.77. The molecule has 3 aromatic heterocycles. The first-order valence-corrected chi connectivity index (χ1v) is 25.5. The molecule has 0 saturated carbocycles. The van der Waals surface area contributed by atoms with Crippen molar-refractivity contribution in [1.29, 1.82) is 0 Å². The first-order valence-electron chi connectivity index (χ1n) is 25.5. The number of carbonyl (C=O) groups excluding carboxylic acids is 1. The molecule has 0 aliphatic carbocycles. The Kier molecular flexibility index (Phi) is 13.4. The van der Waals surface area contributed by atoms with Crippen LogP contribution in [0.5, 0.6) is 5.75 Å². The molecule has 11 nitrogen and oxygen atoms in total. The summed E-state index contributed by atoms with van der Waals surface area (Å²) in [4.78, 5) is 21.7. The lowest BCUT2D eigenvalue weighted by molar-refractivity contribution is 0.0264. The van der Waals surface area contributed by atoms with Crippen molar-refractivity contribution >= 4 is 28.6 Å². The average Bonchev–Trinajstić information content (AvgIpc) is 4.17. The number of nitrogens with one attached hydrogen (secondary N) is 1. The minimum atomic E-state index is -1.07. The van der Waals surface area contributed by atoms with Gasteiger partial charge in [0.05, 0.1) is 19.3 Å². The fourth-order valence-electron chi connectivity index (χ4n) is 10.4. The van der Waals surface area contributed by atoms with Crippen molar-refractivity contribution in [3.05, 3.63) is 281 Å². The molecule has 1 amide bonds. The SMILES string of the molecule is CC(C)(C)OC(=O)N1C/C=C(/c2cc(NC(c3ccccc3)(c3ccccc3)c3ccccc3)nc3c2nnn3C(c2ccccc2)(c2ccccc2)c2ccccc2)c2cnn(c2)Cc2cccc(c2)OCCC1. The Morgan fingerprint density at radius 3 is 1.71 bits per heavy atom. The van der Waals surface area contributed by atoms with E-state index >= 15 is 0 Å². The average molecular weight is 987 g/mol. The van der Waals surface area contributed by atoms with Crippen LogP contribution < -0.4 is 10.1 Å². The largest absolute Gasteiger partial charge is 0.494 e. The third kappa shape index (κ3) is 9.68. The summed E-state index contributed by atoms with van der Waals surface area (Å²) < 4.78 is 16.2. The van der Waals surface area contributed by atoms with Crippen LogP contribution in [0, 0.1) is 0 Å². The molecule has 11 heteroatoms. The van der Waals surface area contributed by atoms with Crippen molar-refractivity contribution in [2.45, 2.75) is 50.4 Å². The minimum absolute atomic E-state index is 0.202. The maximum atomic E-state index is 14.2. The van der Waals surface area contributed by atoms with Crippen molar-refractivity contribution in [3.8, 4) is 5.75 Å². The van der Waals surface area contributed by atoms with E-state index < -0.39 is 22.8 Å².